The third kappa shape index (κ3) is 5.02. The Bertz CT molecular complexity index is 1070. The summed E-state index contributed by atoms with van der Waals surface area (Å²) in [6.07, 6.45) is 0.600. The standard InChI is InChI=1S/C23H30N2O5S/c1-15-10-16(2)22(17(3)11-15)23(26)24-7-9-31(27,28)25-8-6-18-12-20(29-4)21(30-5)13-19(18)14-25/h10-13H,6-9,14H2,1-5H3,(H,24,26). The van der Waals surface area contributed by atoms with Crippen LogP contribution in [0.3, 0.4) is 0 Å². The number of carbonyl (C=O) groups is 1. The second-order valence-corrected chi connectivity index (χ2v) is 9.99. The van der Waals surface area contributed by atoms with Crippen molar-refractivity contribution in [1.82, 2.24) is 9.62 Å². The number of ether oxygens (including phenoxy) is 2. The van der Waals surface area contributed by atoms with Gasteiger partial charge in [-0.2, -0.15) is 4.31 Å². The molecule has 0 saturated carbocycles. The van der Waals surface area contributed by atoms with Crippen molar-refractivity contribution < 1.29 is 22.7 Å². The number of carbonyl (C=O) groups excluding carboxylic acids is 1. The molecule has 8 heteroatoms. The van der Waals surface area contributed by atoms with Gasteiger partial charge in [-0.3, -0.25) is 4.79 Å². The first-order valence-corrected chi connectivity index (χ1v) is 11.8. The SMILES string of the molecule is COc1cc2c(cc1OC)CN(S(=O)(=O)CCNC(=O)c1c(C)cc(C)cc1C)CC2. The molecule has 0 unspecified atom stereocenters. The van der Waals surface area contributed by atoms with Crippen molar-refractivity contribution in [3.8, 4) is 11.5 Å². The topological polar surface area (TPSA) is 84.9 Å². The Morgan fingerprint density at radius 1 is 1.00 bits per heavy atom. The predicted octanol–water partition coefficient (Wildman–Crippen LogP) is 2.75. The van der Waals surface area contributed by atoms with Crippen LogP contribution < -0.4 is 14.8 Å². The van der Waals surface area contributed by atoms with E-state index in [1.54, 1.807) is 14.2 Å². The van der Waals surface area contributed by atoms with Gasteiger partial charge < -0.3 is 14.8 Å². The molecule has 0 spiro atoms. The molecule has 168 valence electrons. The summed E-state index contributed by atoms with van der Waals surface area (Å²) in [6.45, 7) is 6.50. The molecule has 1 amide bonds. The fourth-order valence-corrected chi connectivity index (χ4v) is 5.47. The fraction of sp³-hybridized carbons (Fsp3) is 0.435. The first-order chi connectivity index (χ1) is 14.7. The van der Waals surface area contributed by atoms with Crippen molar-refractivity contribution in [3.63, 3.8) is 0 Å². The van der Waals surface area contributed by atoms with E-state index in [0.717, 1.165) is 27.8 Å². The lowest BCUT2D eigenvalue weighted by molar-refractivity contribution is 0.0955. The molecule has 0 fully saturated rings. The Balaban J connectivity index is 1.65. The minimum atomic E-state index is -3.52. The highest BCUT2D eigenvalue weighted by atomic mass is 32.2. The number of methoxy groups -OCH3 is 2. The van der Waals surface area contributed by atoms with Gasteiger partial charge in [-0.05, 0) is 61.6 Å². The molecule has 0 aliphatic carbocycles. The summed E-state index contributed by atoms with van der Waals surface area (Å²) in [4.78, 5) is 12.6. The van der Waals surface area contributed by atoms with Crippen molar-refractivity contribution in [2.75, 3.05) is 33.1 Å². The summed E-state index contributed by atoms with van der Waals surface area (Å²) in [7, 11) is -0.381. The van der Waals surface area contributed by atoms with Gasteiger partial charge in [0.15, 0.2) is 11.5 Å². The van der Waals surface area contributed by atoms with Crippen molar-refractivity contribution in [2.24, 2.45) is 0 Å². The normalized spacial score (nSPS) is 14.1. The summed E-state index contributed by atoms with van der Waals surface area (Å²) in [5, 5.41) is 2.77. The predicted molar refractivity (Wildman–Crippen MR) is 120 cm³/mol. The van der Waals surface area contributed by atoms with Crippen LogP contribution in [-0.2, 0) is 23.0 Å². The minimum absolute atomic E-state index is 0.0587. The van der Waals surface area contributed by atoms with Crippen LogP contribution in [0.1, 0.15) is 38.2 Å². The quantitative estimate of drug-likeness (QED) is 0.707. The lowest BCUT2D eigenvalue weighted by Gasteiger charge is -2.29. The molecule has 2 aromatic rings. The molecule has 0 aromatic heterocycles. The van der Waals surface area contributed by atoms with E-state index in [0.29, 0.717) is 30.0 Å². The van der Waals surface area contributed by atoms with Crippen LogP contribution >= 0.6 is 0 Å². The summed E-state index contributed by atoms with van der Waals surface area (Å²) in [5.41, 5.74) is 5.43. The maximum atomic E-state index is 12.9. The van der Waals surface area contributed by atoms with Crippen molar-refractivity contribution in [3.05, 3.63) is 57.6 Å². The monoisotopic (exact) mass is 446 g/mol. The van der Waals surface area contributed by atoms with Crippen LogP contribution in [0.15, 0.2) is 24.3 Å². The molecular formula is C23H30N2O5S. The van der Waals surface area contributed by atoms with Crippen molar-refractivity contribution in [1.29, 1.82) is 0 Å². The van der Waals surface area contributed by atoms with Crippen LogP contribution in [0, 0.1) is 20.8 Å². The molecule has 0 radical (unpaired) electrons. The average Bonchev–Trinajstić information content (AvgIpc) is 2.71. The third-order valence-corrected chi connectivity index (χ3v) is 7.44. The Morgan fingerprint density at radius 2 is 1.58 bits per heavy atom. The van der Waals surface area contributed by atoms with E-state index in [2.05, 4.69) is 5.32 Å². The van der Waals surface area contributed by atoms with Gasteiger partial charge in [-0.15, -0.1) is 0 Å². The smallest absolute Gasteiger partial charge is 0.251 e. The zero-order valence-corrected chi connectivity index (χ0v) is 19.6. The number of rotatable bonds is 7. The van der Waals surface area contributed by atoms with Gasteiger partial charge in [0.25, 0.3) is 5.91 Å². The molecule has 1 aliphatic rings. The number of amides is 1. The molecule has 1 heterocycles. The van der Waals surface area contributed by atoms with Gasteiger partial charge in [0.1, 0.15) is 0 Å². The minimum Gasteiger partial charge on any atom is -0.493 e. The maximum absolute atomic E-state index is 12.9. The zero-order chi connectivity index (χ0) is 22.8. The molecule has 7 nitrogen and oxygen atoms in total. The Labute approximate surface area is 184 Å². The van der Waals surface area contributed by atoms with Crippen molar-refractivity contribution in [2.45, 2.75) is 33.7 Å². The number of benzene rings is 2. The molecule has 0 atom stereocenters. The molecule has 31 heavy (non-hydrogen) atoms. The number of nitrogens with one attached hydrogen (secondary N) is 1. The number of hydrogen-bond donors (Lipinski definition) is 1. The van der Waals surface area contributed by atoms with E-state index in [9.17, 15) is 13.2 Å². The lowest BCUT2D eigenvalue weighted by Crippen LogP contribution is -2.40. The Morgan fingerprint density at radius 3 is 2.16 bits per heavy atom. The molecule has 0 saturated heterocycles. The summed E-state index contributed by atoms with van der Waals surface area (Å²) >= 11 is 0. The van der Waals surface area contributed by atoms with E-state index in [1.807, 2.05) is 45.0 Å². The summed E-state index contributed by atoms with van der Waals surface area (Å²) in [6, 6.07) is 7.64. The van der Waals surface area contributed by atoms with Crippen LogP contribution in [0.25, 0.3) is 0 Å². The van der Waals surface area contributed by atoms with E-state index >= 15 is 0 Å². The number of hydrogen-bond acceptors (Lipinski definition) is 5. The molecule has 1 aliphatic heterocycles. The fourth-order valence-electron chi connectivity index (χ4n) is 4.14. The van der Waals surface area contributed by atoms with E-state index in [-0.39, 0.29) is 24.7 Å². The lowest BCUT2D eigenvalue weighted by atomic mass is 9.99. The van der Waals surface area contributed by atoms with E-state index in [1.165, 1.54) is 4.31 Å². The molecule has 0 bridgehead atoms. The number of fused-ring (bicyclic) bond motifs is 1. The second kappa shape index (κ2) is 9.28. The van der Waals surface area contributed by atoms with Crippen LogP contribution in [0.5, 0.6) is 11.5 Å². The molecule has 3 rings (SSSR count). The highest BCUT2D eigenvalue weighted by Gasteiger charge is 2.28. The van der Waals surface area contributed by atoms with Crippen LogP contribution in [0.4, 0.5) is 0 Å². The van der Waals surface area contributed by atoms with Crippen LogP contribution in [-0.4, -0.2) is 51.7 Å². The Hall–Kier alpha value is -2.58. The zero-order valence-electron chi connectivity index (χ0n) is 18.7. The van der Waals surface area contributed by atoms with Gasteiger partial charge >= 0.3 is 0 Å². The molecule has 1 N–H and O–H groups in total. The van der Waals surface area contributed by atoms with Crippen LogP contribution in [0.2, 0.25) is 0 Å². The summed E-state index contributed by atoms with van der Waals surface area (Å²) < 4.78 is 37.9. The largest absolute Gasteiger partial charge is 0.493 e. The first kappa shape index (κ1) is 23.1. The van der Waals surface area contributed by atoms with Gasteiger partial charge in [0.05, 0.1) is 20.0 Å². The first-order valence-electron chi connectivity index (χ1n) is 10.2. The maximum Gasteiger partial charge on any atom is 0.251 e. The third-order valence-electron chi connectivity index (χ3n) is 5.63. The molecular weight excluding hydrogens is 416 g/mol. The van der Waals surface area contributed by atoms with Gasteiger partial charge in [-0.1, -0.05) is 17.7 Å². The van der Waals surface area contributed by atoms with Gasteiger partial charge in [0, 0.05) is 25.2 Å². The summed E-state index contributed by atoms with van der Waals surface area (Å²) in [5.74, 6) is 0.829. The molecule has 2 aromatic carbocycles. The highest BCUT2D eigenvalue weighted by molar-refractivity contribution is 7.89. The highest BCUT2D eigenvalue weighted by Crippen LogP contribution is 2.33. The van der Waals surface area contributed by atoms with E-state index in [4.69, 9.17) is 9.47 Å². The number of nitrogens with zero attached hydrogens (tertiary/aromatic N) is 1. The van der Waals surface area contributed by atoms with Crippen molar-refractivity contribution >= 4 is 15.9 Å². The van der Waals surface area contributed by atoms with E-state index < -0.39 is 10.0 Å². The second-order valence-electron chi connectivity index (χ2n) is 7.91. The Kier molecular flexibility index (Phi) is 6.91. The number of sulfonamides is 1. The van der Waals surface area contributed by atoms with Gasteiger partial charge in [0.2, 0.25) is 10.0 Å². The number of aryl methyl sites for hydroxylation is 3. The van der Waals surface area contributed by atoms with Gasteiger partial charge in [-0.25, -0.2) is 8.42 Å². The average molecular weight is 447 g/mol.